The number of aromatic nitrogens is 1. The number of rotatable bonds is 5. The summed E-state index contributed by atoms with van der Waals surface area (Å²) < 4.78 is 0. The van der Waals surface area contributed by atoms with E-state index < -0.39 is 0 Å². The molecule has 4 aromatic rings. The van der Waals surface area contributed by atoms with Crippen LogP contribution in [0.3, 0.4) is 0 Å². The van der Waals surface area contributed by atoms with E-state index in [9.17, 15) is 9.59 Å². The first-order chi connectivity index (χ1) is 19.1. The highest BCUT2D eigenvalue weighted by molar-refractivity contribution is 7.17. The van der Waals surface area contributed by atoms with Crippen LogP contribution in [0.2, 0.25) is 0 Å². The van der Waals surface area contributed by atoms with Gasteiger partial charge in [0.2, 0.25) is 0 Å². The van der Waals surface area contributed by atoms with E-state index in [1.807, 2.05) is 47.4 Å². The number of hydrogen-bond donors (Lipinski definition) is 2. The molecule has 3 aliphatic rings. The number of fused-ring (bicyclic) bond motifs is 3. The van der Waals surface area contributed by atoms with Crippen LogP contribution in [0, 0.1) is 0 Å². The summed E-state index contributed by atoms with van der Waals surface area (Å²) in [6, 6.07) is 24.3. The third-order valence-electron chi connectivity index (χ3n) is 7.59. The summed E-state index contributed by atoms with van der Waals surface area (Å²) in [5.74, 6) is -0.113. The second-order valence-corrected chi connectivity index (χ2v) is 11.4. The number of amides is 2. The number of carbonyl (C=O) groups is 2. The molecule has 1 saturated carbocycles. The molecule has 2 fully saturated rings. The van der Waals surface area contributed by atoms with E-state index in [-0.39, 0.29) is 11.8 Å². The third kappa shape index (κ3) is 4.70. The summed E-state index contributed by atoms with van der Waals surface area (Å²) in [7, 11) is 0. The van der Waals surface area contributed by atoms with Gasteiger partial charge in [-0.15, -0.1) is 11.3 Å². The minimum absolute atomic E-state index is 0.00660. The molecule has 0 atom stereocenters. The Morgan fingerprint density at radius 3 is 2.62 bits per heavy atom. The molecular formula is C31H29N5O2S. The highest BCUT2D eigenvalue weighted by Crippen LogP contribution is 2.42. The Morgan fingerprint density at radius 2 is 1.82 bits per heavy atom. The van der Waals surface area contributed by atoms with Crippen LogP contribution in [-0.2, 0) is 6.42 Å². The van der Waals surface area contributed by atoms with Crippen LogP contribution >= 0.6 is 11.3 Å². The van der Waals surface area contributed by atoms with Gasteiger partial charge in [0.15, 0.2) is 0 Å². The van der Waals surface area contributed by atoms with Crippen molar-refractivity contribution in [3.05, 3.63) is 88.9 Å². The number of carbonyl (C=O) groups excluding carboxylic acids is 2. The average molecular weight is 536 g/mol. The van der Waals surface area contributed by atoms with E-state index in [1.165, 1.54) is 17.0 Å². The van der Waals surface area contributed by atoms with Crippen molar-refractivity contribution in [2.24, 2.45) is 0 Å². The first-order valence-electron chi connectivity index (χ1n) is 13.5. The Kier molecular flexibility index (Phi) is 6.14. The molecule has 2 N–H and O–H groups in total. The molecule has 7 nitrogen and oxygen atoms in total. The van der Waals surface area contributed by atoms with Crippen LogP contribution in [0.1, 0.15) is 38.6 Å². The van der Waals surface area contributed by atoms with Gasteiger partial charge in [-0.05, 0) is 61.2 Å². The monoisotopic (exact) mass is 535 g/mol. The number of pyridine rings is 1. The molecule has 0 unspecified atom stereocenters. The number of benzene rings is 2. The fourth-order valence-electron chi connectivity index (χ4n) is 5.33. The first kappa shape index (κ1) is 24.1. The highest BCUT2D eigenvalue weighted by atomic mass is 32.1. The topological polar surface area (TPSA) is 77.6 Å². The molecular weight excluding hydrogens is 506 g/mol. The highest BCUT2D eigenvalue weighted by Gasteiger charge is 2.29. The van der Waals surface area contributed by atoms with Crippen molar-refractivity contribution in [2.45, 2.75) is 25.3 Å². The number of anilines is 2. The van der Waals surface area contributed by atoms with Crippen molar-refractivity contribution in [3.8, 4) is 21.7 Å². The lowest BCUT2D eigenvalue weighted by atomic mass is 10.1. The molecule has 1 aliphatic carbocycles. The van der Waals surface area contributed by atoms with Crippen LogP contribution in [0.25, 0.3) is 21.7 Å². The Hall–Kier alpha value is -4.01. The number of nitrogens with one attached hydrogen (secondary N) is 2. The predicted octanol–water partition coefficient (Wildman–Crippen LogP) is 4.94. The SMILES string of the molecule is O=C(NC1CC1)c1cc2c(s1)-c1ccccc1N(C(=O)c1cccc(-c3ccc(N4CCNC4)cc3)n1)CC2. The van der Waals surface area contributed by atoms with E-state index in [4.69, 9.17) is 4.98 Å². The number of hydrogen-bond acceptors (Lipinski definition) is 6. The van der Waals surface area contributed by atoms with Gasteiger partial charge in [-0.2, -0.15) is 0 Å². The lowest BCUT2D eigenvalue weighted by Gasteiger charge is -2.23. The zero-order valence-electron chi connectivity index (χ0n) is 21.5. The lowest BCUT2D eigenvalue weighted by Crippen LogP contribution is -2.33. The molecule has 4 heterocycles. The number of para-hydroxylation sites is 1. The Balaban J connectivity index is 1.16. The van der Waals surface area contributed by atoms with Gasteiger partial charge in [-0.25, -0.2) is 4.98 Å². The van der Waals surface area contributed by atoms with Crippen molar-refractivity contribution >= 4 is 34.5 Å². The summed E-state index contributed by atoms with van der Waals surface area (Å²) in [6.45, 7) is 3.38. The first-order valence-corrected chi connectivity index (χ1v) is 14.3. The van der Waals surface area contributed by atoms with E-state index in [1.54, 1.807) is 6.07 Å². The van der Waals surface area contributed by atoms with Gasteiger partial charge in [0.25, 0.3) is 11.8 Å². The Labute approximate surface area is 231 Å². The molecule has 2 aromatic heterocycles. The van der Waals surface area contributed by atoms with E-state index in [0.29, 0.717) is 24.7 Å². The van der Waals surface area contributed by atoms with Crippen LogP contribution in [0.5, 0.6) is 0 Å². The number of nitrogens with zero attached hydrogens (tertiary/aromatic N) is 3. The summed E-state index contributed by atoms with van der Waals surface area (Å²) in [5.41, 5.74) is 6.31. The molecule has 0 radical (unpaired) electrons. The molecule has 196 valence electrons. The quantitative estimate of drug-likeness (QED) is 0.379. The molecule has 2 aliphatic heterocycles. The molecule has 7 rings (SSSR count). The molecule has 0 spiro atoms. The van der Waals surface area contributed by atoms with Crippen molar-refractivity contribution in [2.75, 3.05) is 36.1 Å². The second-order valence-electron chi connectivity index (χ2n) is 10.3. The Bertz CT molecular complexity index is 1550. The smallest absolute Gasteiger partial charge is 0.276 e. The Morgan fingerprint density at radius 1 is 0.974 bits per heavy atom. The second kappa shape index (κ2) is 9.94. The van der Waals surface area contributed by atoms with Gasteiger partial charge in [0.05, 0.1) is 22.9 Å². The maximum absolute atomic E-state index is 13.9. The third-order valence-corrected chi connectivity index (χ3v) is 8.80. The summed E-state index contributed by atoms with van der Waals surface area (Å²) in [4.78, 5) is 37.3. The van der Waals surface area contributed by atoms with E-state index in [0.717, 1.165) is 70.4 Å². The van der Waals surface area contributed by atoms with Crippen molar-refractivity contribution in [3.63, 3.8) is 0 Å². The molecule has 39 heavy (non-hydrogen) atoms. The van der Waals surface area contributed by atoms with E-state index in [2.05, 4.69) is 39.8 Å². The van der Waals surface area contributed by atoms with Gasteiger partial charge in [-0.3, -0.25) is 14.9 Å². The van der Waals surface area contributed by atoms with Crippen LogP contribution in [-0.4, -0.2) is 49.1 Å². The summed E-state index contributed by atoms with van der Waals surface area (Å²) in [6.07, 6.45) is 2.80. The van der Waals surface area contributed by atoms with Crippen LogP contribution in [0.4, 0.5) is 11.4 Å². The van der Waals surface area contributed by atoms with Gasteiger partial charge >= 0.3 is 0 Å². The maximum atomic E-state index is 13.9. The summed E-state index contributed by atoms with van der Waals surface area (Å²) in [5, 5.41) is 6.45. The van der Waals surface area contributed by atoms with Crippen molar-refractivity contribution in [1.82, 2.24) is 15.6 Å². The zero-order chi connectivity index (χ0) is 26.3. The molecule has 0 bridgehead atoms. The normalized spacial score (nSPS) is 16.4. The van der Waals surface area contributed by atoms with Gasteiger partial charge < -0.3 is 15.1 Å². The van der Waals surface area contributed by atoms with Crippen LogP contribution < -0.4 is 20.4 Å². The van der Waals surface area contributed by atoms with Crippen LogP contribution in [0.15, 0.2) is 72.8 Å². The largest absolute Gasteiger partial charge is 0.357 e. The lowest BCUT2D eigenvalue weighted by molar-refractivity contribution is 0.0952. The number of thiophene rings is 1. The fraction of sp³-hybridized carbons (Fsp3) is 0.258. The average Bonchev–Trinajstić information content (AvgIpc) is 3.47. The summed E-state index contributed by atoms with van der Waals surface area (Å²) >= 11 is 1.52. The standard InChI is InChI=1S/C31H29N5O2S/c37-30(33-22-10-11-22)28-18-21-14-16-36(27-7-2-1-4-24(27)29(21)39-28)31(38)26-6-3-5-25(34-26)20-8-12-23(13-9-20)35-17-15-32-19-35/h1-9,12-13,18,22,32H,10-11,14-17,19H2,(H,33,37). The molecule has 1 saturated heterocycles. The van der Waals surface area contributed by atoms with Gasteiger partial charge in [0.1, 0.15) is 5.69 Å². The van der Waals surface area contributed by atoms with Crippen molar-refractivity contribution < 1.29 is 9.59 Å². The van der Waals surface area contributed by atoms with Gasteiger partial charge in [-0.1, -0.05) is 36.4 Å². The molecule has 8 heteroatoms. The fourth-order valence-corrected chi connectivity index (χ4v) is 6.47. The molecule has 2 amide bonds. The van der Waals surface area contributed by atoms with Gasteiger partial charge in [0, 0.05) is 47.4 Å². The predicted molar refractivity (Wildman–Crippen MR) is 156 cm³/mol. The minimum atomic E-state index is -0.120. The van der Waals surface area contributed by atoms with Crippen molar-refractivity contribution in [1.29, 1.82) is 0 Å². The minimum Gasteiger partial charge on any atom is -0.357 e. The zero-order valence-corrected chi connectivity index (χ0v) is 22.3. The van der Waals surface area contributed by atoms with E-state index >= 15 is 0 Å². The molecule has 2 aromatic carbocycles. The maximum Gasteiger partial charge on any atom is 0.276 e.